The molecule has 1 N–H and O–H groups in total. The van der Waals surface area contributed by atoms with E-state index < -0.39 is 15.8 Å². The number of rotatable bonds is 7. The zero-order valence-electron chi connectivity index (χ0n) is 11.0. The van der Waals surface area contributed by atoms with Gasteiger partial charge in [0.25, 0.3) is 0 Å². The molecule has 0 saturated heterocycles. The molecule has 0 radical (unpaired) electrons. The molecule has 4 nitrogen and oxygen atoms in total. The first-order valence-corrected chi connectivity index (χ1v) is 8.00. The maximum absolute atomic E-state index is 13.0. The Balaban J connectivity index is 1.90. The highest BCUT2D eigenvalue weighted by Gasteiger charge is 2.27. The van der Waals surface area contributed by atoms with Crippen molar-refractivity contribution in [3.8, 4) is 0 Å². The van der Waals surface area contributed by atoms with Gasteiger partial charge in [-0.1, -0.05) is 13.0 Å². The zero-order valence-corrected chi connectivity index (χ0v) is 11.8. The van der Waals surface area contributed by atoms with Crippen LogP contribution in [0.3, 0.4) is 0 Å². The summed E-state index contributed by atoms with van der Waals surface area (Å²) in [5, 5.41) is 0. The summed E-state index contributed by atoms with van der Waals surface area (Å²) >= 11 is 0. The molecular weight excluding hydrogens is 267 g/mol. The molecule has 0 unspecified atom stereocenters. The second-order valence-corrected chi connectivity index (χ2v) is 6.48. The van der Waals surface area contributed by atoms with Crippen LogP contribution in [0.1, 0.15) is 19.8 Å². The summed E-state index contributed by atoms with van der Waals surface area (Å²) in [5.74, 6) is -0.545. The largest absolute Gasteiger partial charge is 0.299 e. The van der Waals surface area contributed by atoms with Crippen LogP contribution in [0.4, 0.5) is 4.39 Å². The van der Waals surface area contributed by atoms with Crippen LogP contribution in [0.15, 0.2) is 29.2 Å². The molecule has 0 aromatic heterocycles. The lowest BCUT2D eigenvalue weighted by Gasteiger charge is -2.19. The van der Waals surface area contributed by atoms with Crippen LogP contribution >= 0.6 is 0 Å². The topological polar surface area (TPSA) is 49.4 Å². The van der Waals surface area contributed by atoms with Crippen LogP contribution in [0, 0.1) is 5.82 Å². The lowest BCUT2D eigenvalue weighted by Crippen LogP contribution is -2.36. The van der Waals surface area contributed by atoms with E-state index in [0.717, 1.165) is 12.6 Å². The van der Waals surface area contributed by atoms with Gasteiger partial charge in [-0.3, -0.25) is 4.90 Å². The SMILES string of the molecule is CCN(CCNS(=O)(=O)c1cccc(F)c1)C1CC1. The van der Waals surface area contributed by atoms with Crippen LogP contribution in [0.5, 0.6) is 0 Å². The van der Waals surface area contributed by atoms with Gasteiger partial charge in [0.2, 0.25) is 10.0 Å². The fraction of sp³-hybridized carbons (Fsp3) is 0.538. The first-order chi connectivity index (χ1) is 9.03. The van der Waals surface area contributed by atoms with Crippen LogP contribution in [0.2, 0.25) is 0 Å². The van der Waals surface area contributed by atoms with Crippen LogP contribution < -0.4 is 4.72 Å². The van der Waals surface area contributed by atoms with E-state index in [1.54, 1.807) is 0 Å². The maximum atomic E-state index is 13.0. The van der Waals surface area contributed by atoms with Gasteiger partial charge in [-0.05, 0) is 37.6 Å². The van der Waals surface area contributed by atoms with Crippen molar-refractivity contribution in [2.45, 2.75) is 30.7 Å². The van der Waals surface area contributed by atoms with E-state index in [1.807, 2.05) is 0 Å². The highest BCUT2D eigenvalue weighted by Crippen LogP contribution is 2.25. The van der Waals surface area contributed by atoms with E-state index >= 15 is 0 Å². The molecular formula is C13H19FN2O2S. The molecule has 19 heavy (non-hydrogen) atoms. The molecule has 1 aromatic carbocycles. The predicted molar refractivity (Wildman–Crippen MR) is 71.9 cm³/mol. The van der Waals surface area contributed by atoms with E-state index in [2.05, 4.69) is 16.5 Å². The average molecular weight is 286 g/mol. The monoisotopic (exact) mass is 286 g/mol. The van der Waals surface area contributed by atoms with E-state index in [1.165, 1.54) is 31.0 Å². The number of likely N-dealkylation sites (N-methyl/N-ethyl adjacent to an activating group) is 1. The highest BCUT2D eigenvalue weighted by molar-refractivity contribution is 7.89. The zero-order chi connectivity index (χ0) is 13.9. The summed E-state index contributed by atoms with van der Waals surface area (Å²) in [6.45, 7) is 4.03. The lowest BCUT2D eigenvalue weighted by molar-refractivity contribution is 0.282. The summed E-state index contributed by atoms with van der Waals surface area (Å²) in [6.07, 6.45) is 2.40. The molecule has 0 spiro atoms. The Kier molecular flexibility index (Phi) is 4.54. The van der Waals surface area contributed by atoms with Crippen LogP contribution in [0.25, 0.3) is 0 Å². The second-order valence-electron chi connectivity index (χ2n) is 4.71. The van der Waals surface area contributed by atoms with Crippen molar-refractivity contribution in [3.05, 3.63) is 30.1 Å². The predicted octanol–water partition coefficient (Wildman–Crippen LogP) is 1.59. The molecule has 1 saturated carbocycles. The molecule has 2 rings (SSSR count). The van der Waals surface area contributed by atoms with Gasteiger partial charge in [0.15, 0.2) is 0 Å². The first-order valence-electron chi connectivity index (χ1n) is 6.52. The molecule has 0 heterocycles. The van der Waals surface area contributed by atoms with Crippen molar-refractivity contribution in [2.75, 3.05) is 19.6 Å². The molecule has 6 heteroatoms. The first kappa shape index (κ1) is 14.4. The number of nitrogens with one attached hydrogen (secondary N) is 1. The lowest BCUT2D eigenvalue weighted by atomic mass is 10.4. The smallest absolute Gasteiger partial charge is 0.240 e. The Labute approximate surface area is 113 Å². The summed E-state index contributed by atoms with van der Waals surface area (Å²) in [5.41, 5.74) is 0. The third-order valence-electron chi connectivity index (χ3n) is 3.27. The van der Waals surface area contributed by atoms with Gasteiger partial charge in [0.1, 0.15) is 5.82 Å². The molecule has 1 aliphatic carbocycles. The van der Waals surface area contributed by atoms with Gasteiger partial charge in [0.05, 0.1) is 4.90 Å². The molecule has 0 amide bonds. The van der Waals surface area contributed by atoms with E-state index in [0.29, 0.717) is 19.1 Å². The Morgan fingerprint density at radius 1 is 1.42 bits per heavy atom. The van der Waals surface area contributed by atoms with Crippen molar-refractivity contribution in [2.24, 2.45) is 0 Å². The minimum Gasteiger partial charge on any atom is -0.299 e. The van der Waals surface area contributed by atoms with Gasteiger partial charge >= 0.3 is 0 Å². The average Bonchev–Trinajstić information content (AvgIpc) is 3.19. The highest BCUT2D eigenvalue weighted by atomic mass is 32.2. The van der Waals surface area contributed by atoms with Gasteiger partial charge in [-0.15, -0.1) is 0 Å². The summed E-state index contributed by atoms with van der Waals surface area (Å²) in [7, 11) is -3.61. The molecule has 106 valence electrons. The van der Waals surface area contributed by atoms with E-state index in [9.17, 15) is 12.8 Å². The van der Waals surface area contributed by atoms with Crippen LogP contribution in [-0.4, -0.2) is 39.0 Å². The minimum atomic E-state index is -3.61. The van der Waals surface area contributed by atoms with Gasteiger partial charge < -0.3 is 0 Å². The maximum Gasteiger partial charge on any atom is 0.240 e. The summed E-state index contributed by atoms with van der Waals surface area (Å²) < 4.78 is 39.4. The van der Waals surface area contributed by atoms with E-state index in [-0.39, 0.29) is 4.90 Å². The quantitative estimate of drug-likeness (QED) is 0.828. The Morgan fingerprint density at radius 2 is 2.16 bits per heavy atom. The molecule has 1 aliphatic rings. The minimum absolute atomic E-state index is 0.0260. The van der Waals surface area contributed by atoms with Gasteiger partial charge in [0, 0.05) is 19.1 Å². The van der Waals surface area contributed by atoms with Crippen molar-refractivity contribution < 1.29 is 12.8 Å². The molecule has 0 atom stereocenters. The number of nitrogens with zero attached hydrogens (tertiary/aromatic N) is 1. The van der Waals surface area contributed by atoms with Crippen LogP contribution in [-0.2, 0) is 10.0 Å². The Morgan fingerprint density at radius 3 is 2.74 bits per heavy atom. The van der Waals surface area contributed by atoms with Crippen molar-refractivity contribution >= 4 is 10.0 Å². The third kappa shape index (κ3) is 3.99. The van der Waals surface area contributed by atoms with E-state index in [4.69, 9.17) is 0 Å². The number of benzene rings is 1. The number of hydrogen-bond donors (Lipinski definition) is 1. The Hall–Kier alpha value is -0.980. The molecule has 0 bridgehead atoms. The Bertz CT molecular complexity index is 529. The molecule has 1 fully saturated rings. The fourth-order valence-electron chi connectivity index (χ4n) is 2.08. The number of sulfonamides is 1. The summed E-state index contributed by atoms with van der Waals surface area (Å²) in [6, 6.07) is 5.66. The van der Waals surface area contributed by atoms with Crippen molar-refractivity contribution in [1.82, 2.24) is 9.62 Å². The second kappa shape index (κ2) is 5.98. The number of hydrogen-bond acceptors (Lipinski definition) is 3. The van der Waals surface area contributed by atoms with Gasteiger partial charge in [-0.25, -0.2) is 17.5 Å². The summed E-state index contributed by atoms with van der Waals surface area (Å²) in [4.78, 5) is 2.23. The normalized spacial score (nSPS) is 15.9. The molecule has 0 aliphatic heterocycles. The molecule has 1 aromatic rings. The van der Waals surface area contributed by atoms with Crippen molar-refractivity contribution in [1.29, 1.82) is 0 Å². The van der Waals surface area contributed by atoms with Gasteiger partial charge in [-0.2, -0.15) is 0 Å². The number of halogens is 1. The van der Waals surface area contributed by atoms with Crippen molar-refractivity contribution in [3.63, 3.8) is 0 Å². The third-order valence-corrected chi connectivity index (χ3v) is 4.73. The standard InChI is InChI=1S/C13H19FN2O2S/c1-2-16(12-6-7-12)9-8-15-19(17,18)13-5-3-4-11(14)10-13/h3-5,10,12,15H,2,6-9H2,1H3. The fourth-order valence-corrected chi connectivity index (χ4v) is 3.13.